The highest BCUT2D eigenvalue weighted by molar-refractivity contribution is 6.32. The van der Waals surface area contributed by atoms with E-state index < -0.39 is 0 Å². The number of likely N-dealkylation sites (N-methyl/N-ethyl adjacent to an activating group) is 1. The van der Waals surface area contributed by atoms with Gasteiger partial charge in [-0.2, -0.15) is 0 Å². The molecule has 0 radical (unpaired) electrons. The summed E-state index contributed by atoms with van der Waals surface area (Å²) in [5.74, 6) is 1.08. The van der Waals surface area contributed by atoms with Gasteiger partial charge >= 0.3 is 0 Å². The second-order valence-electron chi connectivity index (χ2n) is 3.80. The van der Waals surface area contributed by atoms with Crippen molar-refractivity contribution in [1.29, 1.82) is 0 Å². The first kappa shape index (κ1) is 11.8. The van der Waals surface area contributed by atoms with E-state index in [1.807, 2.05) is 0 Å². The number of fused-ring (bicyclic) bond motifs is 1. The van der Waals surface area contributed by atoms with Crippen LogP contribution in [0.25, 0.3) is 6.08 Å². The van der Waals surface area contributed by atoms with E-state index in [9.17, 15) is 4.79 Å². The van der Waals surface area contributed by atoms with Crippen LogP contribution in [0.3, 0.4) is 0 Å². The van der Waals surface area contributed by atoms with Crippen LogP contribution < -0.4 is 9.47 Å². The first-order valence-corrected chi connectivity index (χ1v) is 5.44. The molecular formula is C12H12ClNO3. The molecule has 5 heteroatoms. The Kier molecular flexibility index (Phi) is 3.24. The average Bonchev–Trinajstić information content (AvgIpc) is 2.74. The van der Waals surface area contributed by atoms with Crippen molar-refractivity contribution < 1.29 is 14.3 Å². The lowest BCUT2D eigenvalue weighted by Gasteiger charge is -2.05. The first-order chi connectivity index (χ1) is 8.08. The second kappa shape index (κ2) is 4.67. The zero-order valence-corrected chi connectivity index (χ0v) is 10.3. The molecule has 17 heavy (non-hydrogen) atoms. The van der Waals surface area contributed by atoms with E-state index in [2.05, 4.69) is 0 Å². The van der Waals surface area contributed by atoms with Crippen LogP contribution in [-0.4, -0.2) is 31.7 Å². The predicted molar refractivity (Wildman–Crippen MR) is 65.3 cm³/mol. The molecule has 1 aliphatic heterocycles. The number of halogens is 1. The van der Waals surface area contributed by atoms with Crippen LogP contribution in [0.2, 0.25) is 5.02 Å². The molecular weight excluding hydrogens is 242 g/mol. The Bertz CT molecular complexity index is 483. The first-order valence-electron chi connectivity index (χ1n) is 5.06. The van der Waals surface area contributed by atoms with E-state index in [0.717, 1.165) is 5.56 Å². The minimum absolute atomic E-state index is 0.0845. The van der Waals surface area contributed by atoms with Crippen molar-refractivity contribution in [2.45, 2.75) is 0 Å². The molecule has 0 unspecified atom stereocenters. The summed E-state index contributed by atoms with van der Waals surface area (Å²) in [5, 5.41) is 0.483. The number of rotatable bonds is 2. The molecule has 0 saturated carbocycles. The Balaban J connectivity index is 2.23. The van der Waals surface area contributed by atoms with Crippen LogP contribution in [0.4, 0.5) is 0 Å². The number of benzene rings is 1. The Morgan fingerprint density at radius 3 is 2.88 bits per heavy atom. The lowest BCUT2D eigenvalue weighted by molar-refractivity contribution is -0.123. The maximum atomic E-state index is 11.4. The van der Waals surface area contributed by atoms with Crippen LogP contribution in [0.15, 0.2) is 18.2 Å². The monoisotopic (exact) mass is 253 g/mol. The highest BCUT2D eigenvalue weighted by Gasteiger charge is 2.17. The van der Waals surface area contributed by atoms with Gasteiger partial charge in [-0.05, 0) is 23.8 Å². The van der Waals surface area contributed by atoms with Crippen LogP contribution in [0.5, 0.6) is 11.5 Å². The van der Waals surface area contributed by atoms with Crippen molar-refractivity contribution in [3.8, 4) is 11.5 Å². The normalized spacial score (nSPS) is 13.1. The van der Waals surface area contributed by atoms with E-state index in [4.69, 9.17) is 21.1 Å². The van der Waals surface area contributed by atoms with E-state index in [0.29, 0.717) is 16.5 Å². The van der Waals surface area contributed by atoms with Crippen LogP contribution in [0.1, 0.15) is 5.56 Å². The largest absolute Gasteiger partial charge is 0.454 e. The third-order valence-electron chi connectivity index (χ3n) is 2.31. The lowest BCUT2D eigenvalue weighted by atomic mass is 10.2. The van der Waals surface area contributed by atoms with Crippen LogP contribution >= 0.6 is 11.6 Å². The van der Waals surface area contributed by atoms with Gasteiger partial charge in [0.25, 0.3) is 0 Å². The van der Waals surface area contributed by atoms with Gasteiger partial charge in [-0.3, -0.25) is 4.79 Å². The fourth-order valence-electron chi connectivity index (χ4n) is 1.40. The van der Waals surface area contributed by atoms with Crippen molar-refractivity contribution >= 4 is 23.6 Å². The molecule has 1 aromatic carbocycles. The summed E-state index contributed by atoms with van der Waals surface area (Å²) in [6, 6.07) is 3.52. The molecule has 4 nitrogen and oxygen atoms in total. The number of hydrogen-bond donors (Lipinski definition) is 0. The van der Waals surface area contributed by atoms with E-state index in [-0.39, 0.29) is 12.7 Å². The Morgan fingerprint density at radius 2 is 2.18 bits per heavy atom. The van der Waals surface area contributed by atoms with Gasteiger partial charge in [0.1, 0.15) is 0 Å². The Hall–Kier alpha value is -1.68. The summed E-state index contributed by atoms with van der Waals surface area (Å²) in [6.07, 6.45) is 3.17. The number of hydrogen-bond acceptors (Lipinski definition) is 3. The number of ether oxygens (including phenoxy) is 2. The molecule has 1 aliphatic rings. The van der Waals surface area contributed by atoms with Crippen molar-refractivity contribution in [1.82, 2.24) is 4.90 Å². The smallest absolute Gasteiger partial charge is 0.246 e. The zero-order valence-electron chi connectivity index (χ0n) is 9.57. The molecule has 0 bridgehead atoms. The van der Waals surface area contributed by atoms with Crippen molar-refractivity contribution in [3.63, 3.8) is 0 Å². The Labute approximate surface area is 104 Å². The summed E-state index contributed by atoms with van der Waals surface area (Å²) >= 11 is 6.02. The molecule has 0 saturated heterocycles. The van der Waals surface area contributed by atoms with Gasteiger partial charge in [0, 0.05) is 20.2 Å². The van der Waals surface area contributed by atoms with Crippen LogP contribution in [0, 0.1) is 0 Å². The minimum atomic E-state index is -0.0845. The van der Waals surface area contributed by atoms with Crippen molar-refractivity contribution in [2.75, 3.05) is 20.9 Å². The van der Waals surface area contributed by atoms with Crippen molar-refractivity contribution in [2.24, 2.45) is 0 Å². The highest BCUT2D eigenvalue weighted by atomic mass is 35.5. The number of amides is 1. The van der Waals surface area contributed by atoms with Gasteiger partial charge in [0.15, 0.2) is 11.5 Å². The van der Waals surface area contributed by atoms with Gasteiger partial charge in [0.05, 0.1) is 5.02 Å². The third kappa shape index (κ3) is 2.53. The zero-order chi connectivity index (χ0) is 12.4. The predicted octanol–water partition coefficient (Wildman–Crippen LogP) is 2.17. The number of carbonyl (C=O) groups excluding carboxylic acids is 1. The summed E-state index contributed by atoms with van der Waals surface area (Å²) in [6.45, 7) is 0.179. The van der Waals surface area contributed by atoms with E-state index >= 15 is 0 Å². The molecule has 1 amide bonds. The summed E-state index contributed by atoms with van der Waals surface area (Å²) in [7, 11) is 3.39. The quantitative estimate of drug-likeness (QED) is 0.759. The van der Waals surface area contributed by atoms with Crippen molar-refractivity contribution in [3.05, 3.63) is 28.8 Å². The van der Waals surface area contributed by atoms with E-state index in [1.165, 1.54) is 11.0 Å². The molecule has 0 spiro atoms. The maximum Gasteiger partial charge on any atom is 0.246 e. The average molecular weight is 254 g/mol. The summed E-state index contributed by atoms with van der Waals surface area (Å²) in [4.78, 5) is 12.9. The minimum Gasteiger partial charge on any atom is -0.454 e. The summed E-state index contributed by atoms with van der Waals surface area (Å²) in [5.41, 5.74) is 0.800. The topological polar surface area (TPSA) is 38.8 Å². The Morgan fingerprint density at radius 1 is 1.41 bits per heavy atom. The fourth-order valence-corrected chi connectivity index (χ4v) is 1.67. The number of carbonyl (C=O) groups is 1. The third-order valence-corrected chi connectivity index (χ3v) is 2.59. The standard InChI is InChI=1S/C12H12ClNO3/c1-14(2)11(15)4-3-8-5-9(13)12-10(6-8)16-7-17-12/h3-6H,7H2,1-2H3. The lowest BCUT2D eigenvalue weighted by Crippen LogP contribution is -2.18. The van der Waals surface area contributed by atoms with Gasteiger partial charge < -0.3 is 14.4 Å². The van der Waals surface area contributed by atoms with Crippen LogP contribution in [-0.2, 0) is 4.79 Å². The fraction of sp³-hybridized carbons (Fsp3) is 0.250. The van der Waals surface area contributed by atoms with Gasteiger partial charge in [-0.15, -0.1) is 0 Å². The molecule has 0 aliphatic carbocycles. The molecule has 1 aromatic rings. The summed E-state index contributed by atoms with van der Waals surface area (Å²) < 4.78 is 10.4. The van der Waals surface area contributed by atoms with Gasteiger partial charge in [-0.1, -0.05) is 11.6 Å². The molecule has 1 heterocycles. The molecule has 0 aromatic heterocycles. The molecule has 0 fully saturated rings. The SMILES string of the molecule is CN(C)C(=O)C=Cc1cc(Cl)c2c(c1)OCO2. The van der Waals surface area contributed by atoms with Gasteiger partial charge in [0.2, 0.25) is 12.7 Å². The molecule has 0 atom stereocenters. The maximum absolute atomic E-state index is 11.4. The molecule has 90 valence electrons. The highest BCUT2D eigenvalue weighted by Crippen LogP contribution is 2.39. The number of nitrogens with zero attached hydrogens (tertiary/aromatic N) is 1. The molecule has 2 rings (SSSR count). The van der Waals surface area contributed by atoms with Gasteiger partial charge in [-0.25, -0.2) is 0 Å². The molecule has 0 N–H and O–H groups in total. The second-order valence-corrected chi connectivity index (χ2v) is 4.21. The van der Waals surface area contributed by atoms with E-state index in [1.54, 1.807) is 32.3 Å².